The van der Waals surface area contributed by atoms with Gasteiger partial charge < -0.3 is 4.90 Å². The molecule has 4 nitrogen and oxygen atoms in total. The predicted molar refractivity (Wildman–Crippen MR) is 115 cm³/mol. The van der Waals surface area contributed by atoms with Gasteiger partial charge >= 0.3 is 0 Å². The molecule has 0 aliphatic carbocycles. The third-order valence-electron chi connectivity index (χ3n) is 4.73. The van der Waals surface area contributed by atoms with Crippen LogP contribution in [0.1, 0.15) is 23.5 Å². The molecule has 27 heavy (non-hydrogen) atoms. The van der Waals surface area contributed by atoms with Crippen LogP contribution >= 0.6 is 23.1 Å². The maximum Gasteiger partial charge on any atom is 0.160 e. The van der Waals surface area contributed by atoms with Gasteiger partial charge in [-0.3, -0.25) is 4.79 Å². The van der Waals surface area contributed by atoms with Gasteiger partial charge in [0.1, 0.15) is 11.0 Å². The second-order valence-electron chi connectivity index (χ2n) is 6.16. The smallest absolute Gasteiger partial charge is 0.160 e. The monoisotopic (exact) mass is 393 g/mol. The lowest BCUT2D eigenvalue weighted by Gasteiger charge is -2.21. The maximum atomic E-state index is 11.0. The molecule has 0 aliphatic rings. The number of rotatable bonds is 6. The number of anilines is 1. The van der Waals surface area contributed by atoms with Crippen LogP contribution in [0.5, 0.6) is 0 Å². The molecule has 4 aromatic rings. The van der Waals surface area contributed by atoms with Gasteiger partial charge in [-0.15, -0.1) is 11.3 Å². The van der Waals surface area contributed by atoms with Gasteiger partial charge in [-0.1, -0.05) is 24.3 Å². The molecular weight excluding hydrogens is 374 g/mol. The molecule has 0 amide bonds. The summed E-state index contributed by atoms with van der Waals surface area (Å²) in [4.78, 5) is 15.1. The molecule has 0 N–H and O–H groups in total. The van der Waals surface area contributed by atoms with Crippen molar-refractivity contribution in [2.45, 2.75) is 13.8 Å². The lowest BCUT2D eigenvalue weighted by Crippen LogP contribution is -2.21. The van der Waals surface area contributed by atoms with E-state index in [1.54, 1.807) is 0 Å². The van der Waals surface area contributed by atoms with E-state index >= 15 is 0 Å². The van der Waals surface area contributed by atoms with Crippen LogP contribution in [0.3, 0.4) is 0 Å². The zero-order valence-corrected chi connectivity index (χ0v) is 16.8. The van der Waals surface area contributed by atoms with Crippen LogP contribution in [0.15, 0.2) is 48.5 Å². The van der Waals surface area contributed by atoms with Crippen molar-refractivity contribution in [2.75, 3.05) is 18.0 Å². The van der Waals surface area contributed by atoms with Crippen molar-refractivity contribution in [1.29, 1.82) is 0 Å². The van der Waals surface area contributed by atoms with Crippen LogP contribution in [0.2, 0.25) is 0 Å². The van der Waals surface area contributed by atoms with Crippen LogP contribution in [-0.4, -0.2) is 28.1 Å². The Kier molecular flexibility index (Phi) is 5.01. The van der Waals surface area contributed by atoms with Crippen LogP contribution in [0.25, 0.3) is 32.6 Å². The van der Waals surface area contributed by atoms with Crippen LogP contribution in [0, 0.1) is 0 Å². The highest BCUT2D eigenvalue weighted by Crippen LogP contribution is 2.37. The van der Waals surface area contributed by atoms with E-state index in [9.17, 15) is 4.79 Å². The molecule has 0 unspecified atom stereocenters. The number of carbonyl (C=O) groups excluding carboxylic acids is 1. The highest BCUT2D eigenvalue weighted by molar-refractivity contribution is 7.17. The topological polar surface area (TPSA) is 46.1 Å². The number of aromatic nitrogens is 2. The molecule has 0 bridgehead atoms. The number of thiophene rings is 1. The highest BCUT2D eigenvalue weighted by Gasteiger charge is 2.15. The molecule has 6 heteroatoms. The van der Waals surface area contributed by atoms with Crippen LogP contribution in [-0.2, 0) is 0 Å². The molecule has 0 saturated carbocycles. The molecule has 2 heterocycles. The Balaban J connectivity index is 1.77. The lowest BCUT2D eigenvalue weighted by molar-refractivity contribution is 0.112. The number of benzene rings is 2. The summed E-state index contributed by atoms with van der Waals surface area (Å²) in [5.41, 5.74) is 6.28. The van der Waals surface area contributed by atoms with E-state index in [1.165, 1.54) is 28.8 Å². The first-order chi connectivity index (χ1) is 13.2. The van der Waals surface area contributed by atoms with E-state index in [2.05, 4.69) is 63.9 Å². The molecule has 4 rings (SSSR count). The van der Waals surface area contributed by atoms with E-state index in [4.69, 9.17) is 0 Å². The average Bonchev–Trinajstić information content (AvgIpc) is 3.38. The van der Waals surface area contributed by atoms with Gasteiger partial charge in [-0.05, 0) is 43.7 Å². The maximum absolute atomic E-state index is 11.0. The van der Waals surface area contributed by atoms with Crippen molar-refractivity contribution >= 4 is 46.1 Å². The molecule has 0 saturated heterocycles. The largest absolute Gasteiger partial charge is 0.372 e. The number of hydrogen-bond donors (Lipinski definition) is 0. The Morgan fingerprint density at radius 1 is 0.889 bits per heavy atom. The summed E-state index contributed by atoms with van der Waals surface area (Å²) in [5.74, 6) is 0. The molecule has 2 aromatic heterocycles. The minimum Gasteiger partial charge on any atom is -0.372 e. The van der Waals surface area contributed by atoms with Gasteiger partial charge in [0.2, 0.25) is 0 Å². The quantitative estimate of drug-likeness (QED) is 0.392. The summed E-state index contributed by atoms with van der Waals surface area (Å²) in [5, 5.41) is 0. The predicted octanol–water partition coefficient (Wildman–Crippen LogP) is 5.75. The summed E-state index contributed by atoms with van der Waals surface area (Å²) in [6, 6.07) is 16.6. The fourth-order valence-corrected chi connectivity index (χ4v) is 4.72. The third-order valence-corrected chi connectivity index (χ3v) is 6.30. The molecule has 0 aliphatic heterocycles. The molecular formula is C21H19N3OS2. The summed E-state index contributed by atoms with van der Waals surface area (Å²) in [6.07, 6.45) is 0.885. The second-order valence-corrected chi connectivity index (χ2v) is 7.80. The molecule has 0 radical (unpaired) electrons. The van der Waals surface area contributed by atoms with Crippen molar-refractivity contribution < 1.29 is 4.79 Å². The number of fused-ring (bicyclic) bond motifs is 1. The Bertz CT molecular complexity index is 1080. The minimum atomic E-state index is 0.720. The Morgan fingerprint density at radius 3 is 2.19 bits per heavy atom. The molecule has 0 fully saturated rings. The first-order valence-electron chi connectivity index (χ1n) is 8.91. The van der Waals surface area contributed by atoms with Crippen LogP contribution < -0.4 is 4.90 Å². The minimum absolute atomic E-state index is 0.720. The molecule has 0 atom stereocenters. The summed E-state index contributed by atoms with van der Waals surface area (Å²) in [7, 11) is 0. The van der Waals surface area contributed by atoms with E-state index in [0.29, 0.717) is 0 Å². The lowest BCUT2D eigenvalue weighted by atomic mass is 10.0. The first kappa shape index (κ1) is 17.8. The Hall–Kier alpha value is -2.57. The van der Waals surface area contributed by atoms with Crippen molar-refractivity contribution in [3.63, 3.8) is 0 Å². The third kappa shape index (κ3) is 3.26. The standard InChI is InChI=1S/C21H19N3OS2/c1-3-24(4-2)15-7-5-14(6-8-15)17-10-11-18(21-20(17)22-27-23-21)19-12-9-16(13-25)26-19/h5-13H,3-4H2,1-2H3. The normalized spacial score (nSPS) is 11.0. The van der Waals surface area contributed by atoms with Crippen molar-refractivity contribution in [1.82, 2.24) is 8.75 Å². The SMILES string of the molecule is CCN(CC)c1ccc(-c2ccc(-c3ccc(C=O)s3)c3nsnc23)cc1. The second kappa shape index (κ2) is 7.58. The number of carbonyl (C=O) groups is 1. The zero-order valence-electron chi connectivity index (χ0n) is 15.2. The van der Waals surface area contributed by atoms with Gasteiger partial charge in [0.15, 0.2) is 6.29 Å². The number of hydrogen-bond acceptors (Lipinski definition) is 6. The first-order valence-corrected chi connectivity index (χ1v) is 10.5. The van der Waals surface area contributed by atoms with Crippen molar-refractivity contribution in [3.8, 4) is 21.6 Å². The van der Waals surface area contributed by atoms with Crippen molar-refractivity contribution in [2.24, 2.45) is 0 Å². The fraction of sp³-hybridized carbons (Fsp3) is 0.190. The van der Waals surface area contributed by atoms with Gasteiger partial charge in [-0.25, -0.2) is 0 Å². The summed E-state index contributed by atoms with van der Waals surface area (Å²) < 4.78 is 9.08. The summed E-state index contributed by atoms with van der Waals surface area (Å²) >= 11 is 2.70. The average molecular weight is 394 g/mol. The van der Waals surface area contributed by atoms with Gasteiger partial charge in [-0.2, -0.15) is 8.75 Å². The van der Waals surface area contributed by atoms with Crippen molar-refractivity contribution in [3.05, 3.63) is 53.4 Å². The van der Waals surface area contributed by atoms with E-state index in [1.807, 2.05) is 12.1 Å². The van der Waals surface area contributed by atoms with Gasteiger partial charge in [0, 0.05) is 34.8 Å². The number of nitrogens with zero attached hydrogens (tertiary/aromatic N) is 3. The zero-order chi connectivity index (χ0) is 18.8. The molecule has 2 aromatic carbocycles. The van der Waals surface area contributed by atoms with E-state index < -0.39 is 0 Å². The molecule has 0 spiro atoms. The molecule has 136 valence electrons. The van der Waals surface area contributed by atoms with Gasteiger partial charge in [0.05, 0.1) is 16.6 Å². The fourth-order valence-electron chi connectivity index (χ4n) is 3.30. The van der Waals surface area contributed by atoms with Gasteiger partial charge in [0.25, 0.3) is 0 Å². The number of aldehydes is 1. The Morgan fingerprint density at radius 2 is 1.56 bits per heavy atom. The Labute approximate surface area is 166 Å². The van der Waals surface area contributed by atoms with E-state index in [0.717, 1.165) is 56.9 Å². The highest BCUT2D eigenvalue weighted by atomic mass is 32.1. The van der Waals surface area contributed by atoms with Crippen LogP contribution in [0.4, 0.5) is 5.69 Å². The summed E-state index contributed by atoms with van der Waals surface area (Å²) in [6.45, 7) is 6.32. The van der Waals surface area contributed by atoms with E-state index in [-0.39, 0.29) is 0 Å².